The minimum Gasteiger partial charge on any atom is -0.465 e. The van der Waals surface area contributed by atoms with Crippen LogP contribution in [0.4, 0.5) is 0 Å². The van der Waals surface area contributed by atoms with Gasteiger partial charge in [0.1, 0.15) is 0 Å². The van der Waals surface area contributed by atoms with Crippen LogP contribution in [-0.2, 0) is 14.3 Å². The minimum absolute atomic E-state index is 0.0126. The van der Waals surface area contributed by atoms with E-state index < -0.39 is 0 Å². The molecule has 2 rings (SSSR count). The lowest BCUT2D eigenvalue weighted by Crippen LogP contribution is -2.37. The van der Waals surface area contributed by atoms with Gasteiger partial charge >= 0.3 is 5.97 Å². The molecule has 1 heterocycles. The summed E-state index contributed by atoms with van der Waals surface area (Å²) in [6, 6.07) is 0. The van der Waals surface area contributed by atoms with Gasteiger partial charge in [-0.3, -0.25) is 4.79 Å². The second kappa shape index (κ2) is 14.5. The van der Waals surface area contributed by atoms with Crippen LogP contribution in [0.2, 0.25) is 0 Å². The molecule has 1 saturated carbocycles. The van der Waals surface area contributed by atoms with Gasteiger partial charge in [-0.05, 0) is 26.2 Å². The van der Waals surface area contributed by atoms with Crippen molar-refractivity contribution in [1.29, 1.82) is 0 Å². The third-order valence-electron chi connectivity index (χ3n) is 7.77. The summed E-state index contributed by atoms with van der Waals surface area (Å²) in [5.41, 5.74) is -0.0593. The number of hydrogen-bond donors (Lipinski definition) is 0. The van der Waals surface area contributed by atoms with E-state index in [0.29, 0.717) is 12.7 Å². The first kappa shape index (κ1) is 25.7. The van der Waals surface area contributed by atoms with Gasteiger partial charge in [0.2, 0.25) is 0 Å². The van der Waals surface area contributed by atoms with Crippen molar-refractivity contribution in [3.05, 3.63) is 0 Å². The smallest absolute Gasteiger partial charge is 0.309 e. The number of hydrogen-bond acceptors (Lipinski definition) is 3. The first-order valence-electron chi connectivity index (χ1n) is 13.4. The van der Waals surface area contributed by atoms with E-state index in [1.807, 2.05) is 0 Å². The van der Waals surface area contributed by atoms with Crippen LogP contribution in [0.3, 0.4) is 0 Å². The highest BCUT2D eigenvalue weighted by atomic mass is 16.6. The minimum atomic E-state index is -0.0593. The molecule has 4 unspecified atom stereocenters. The monoisotopic (exact) mass is 422 g/mol. The number of epoxide rings is 1. The molecule has 30 heavy (non-hydrogen) atoms. The van der Waals surface area contributed by atoms with E-state index in [1.54, 1.807) is 0 Å². The summed E-state index contributed by atoms with van der Waals surface area (Å²) in [7, 11) is 0. The van der Waals surface area contributed by atoms with E-state index in [1.165, 1.54) is 96.3 Å². The quantitative estimate of drug-likeness (QED) is 0.128. The van der Waals surface area contributed by atoms with Crippen molar-refractivity contribution in [1.82, 2.24) is 0 Å². The first-order chi connectivity index (χ1) is 14.6. The van der Waals surface area contributed by atoms with E-state index >= 15 is 0 Å². The van der Waals surface area contributed by atoms with Gasteiger partial charge in [-0.1, -0.05) is 110 Å². The molecule has 2 fully saturated rings. The van der Waals surface area contributed by atoms with Crippen molar-refractivity contribution in [3.8, 4) is 0 Å². The molecule has 0 bridgehead atoms. The Morgan fingerprint density at radius 2 is 1.27 bits per heavy atom. The summed E-state index contributed by atoms with van der Waals surface area (Å²) < 4.78 is 11.4. The number of ether oxygens (including phenoxy) is 2. The summed E-state index contributed by atoms with van der Waals surface area (Å²) >= 11 is 0. The average Bonchev–Trinajstić information content (AvgIpc) is 3.43. The second-order valence-corrected chi connectivity index (χ2v) is 10.2. The zero-order valence-corrected chi connectivity index (χ0v) is 20.4. The van der Waals surface area contributed by atoms with Crippen molar-refractivity contribution in [2.45, 2.75) is 148 Å². The maximum Gasteiger partial charge on any atom is 0.309 e. The summed E-state index contributed by atoms with van der Waals surface area (Å²) in [4.78, 5) is 12.4. The molecule has 3 heteroatoms. The molecule has 2 aliphatic rings. The third-order valence-corrected chi connectivity index (χ3v) is 7.77. The molecule has 0 aromatic carbocycles. The van der Waals surface area contributed by atoms with Crippen LogP contribution in [0, 0.1) is 11.8 Å². The van der Waals surface area contributed by atoms with E-state index in [4.69, 9.17) is 9.47 Å². The fraction of sp³-hybridized carbons (Fsp3) is 0.963. The SMILES string of the molecule is CCCCCCCCCCCCCCCCCCOC(=O)C1CCC2OC2(C)C1C. The average molecular weight is 423 g/mol. The van der Waals surface area contributed by atoms with Crippen LogP contribution in [0.1, 0.15) is 136 Å². The summed E-state index contributed by atoms with van der Waals surface area (Å²) in [5.74, 6) is 0.336. The lowest BCUT2D eigenvalue weighted by atomic mass is 9.74. The van der Waals surface area contributed by atoms with Crippen molar-refractivity contribution >= 4 is 5.97 Å². The van der Waals surface area contributed by atoms with Crippen LogP contribution >= 0.6 is 0 Å². The molecule has 0 spiro atoms. The van der Waals surface area contributed by atoms with Gasteiger partial charge in [0.05, 0.1) is 24.2 Å². The van der Waals surface area contributed by atoms with Gasteiger partial charge in [-0.15, -0.1) is 0 Å². The van der Waals surface area contributed by atoms with Crippen LogP contribution in [0.5, 0.6) is 0 Å². The number of rotatable bonds is 18. The topological polar surface area (TPSA) is 38.8 Å². The van der Waals surface area contributed by atoms with Crippen LogP contribution in [-0.4, -0.2) is 24.3 Å². The Bertz CT molecular complexity index is 463. The van der Waals surface area contributed by atoms with Gasteiger partial charge in [-0.25, -0.2) is 0 Å². The fourth-order valence-electron chi connectivity index (χ4n) is 5.25. The van der Waals surface area contributed by atoms with Crippen LogP contribution in [0.25, 0.3) is 0 Å². The van der Waals surface area contributed by atoms with Crippen molar-refractivity contribution < 1.29 is 14.3 Å². The molecule has 0 amide bonds. The molecule has 0 aromatic heterocycles. The summed E-state index contributed by atoms with van der Waals surface area (Å²) in [5, 5.41) is 0. The van der Waals surface area contributed by atoms with Gasteiger partial charge < -0.3 is 9.47 Å². The molecular formula is C27H50O3. The highest BCUT2D eigenvalue weighted by molar-refractivity contribution is 5.73. The molecule has 0 radical (unpaired) electrons. The Labute approximate surface area is 187 Å². The molecule has 176 valence electrons. The molecular weight excluding hydrogens is 372 g/mol. The summed E-state index contributed by atoms with van der Waals surface area (Å²) in [6.45, 7) is 7.19. The molecule has 4 atom stereocenters. The molecule has 1 aliphatic carbocycles. The Kier molecular flexibility index (Phi) is 12.4. The number of carbonyl (C=O) groups is 1. The molecule has 0 aromatic rings. The highest BCUT2D eigenvalue weighted by Gasteiger charge is 2.61. The normalized spacial score (nSPS) is 27.6. The molecule has 1 saturated heterocycles. The van der Waals surface area contributed by atoms with Gasteiger partial charge in [0.15, 0.2) is 0 Å². The van der Waals surface area contributed by atoms with E-state index in [0.717, 1.165) is 19.3 Å². The van der Waals surface area contributed by atoms with E-state index in [9.17, 15) is 4.79 Å². The standard InChI is InChI=1S/C27H50O3/c1-4-5-6-7-8-9-10-11-12-13-14-15-16-17-18-19-22-29-26(28)24-20-21-25-27(3,30-25)23(24)2/h23-25H,4-22H2,1-3H3. The Balaban J connectivity index is 1.30. The molecule has 0 N–H and O–H groups in total. The number of carbonyl (C=O) groups excluding carboxylic acids is 1. The lowest BCUT2D eigenvalue weighted by Gasteiger charge is -2.29. The number of esters is 1. The Morgan fingerprint density at radius 3 is 1.77 bits per heavy atom. The van der Waals surface area contributed by atoms with E-state index in [-0.39, 0.29) is 23.4 Å². The number of fused-ring (bicyclic) bond motifs is 1. The van der Waals surface area contributed by atoms with Crippen molar-refractivity contribution in [2.75, 3.05) is 6.61 Å². The molecule has 1 aliphatic heterocycles. The maximum absolute atomic E-state index is 12.4. The second-order valence-electron chi connectivity index (χ2n) is 10.2. The fourth-order valence-corrected chi connectivity index (χ4v) is 5.25. The zero-order chi connectivity index (χ0) is 21.7. The predicted octanol–water partition coefficient (Wildman–Crippen LogP) is 7.99. The zero-order valence-electron chi connectivity index (χ0n) is 20.4. The van der Waals surface area contributed by atoms with Crippen molar-refractivity contribution in [2.24, 2.45) is 11.8 Å². The van der Waals surface area contributed by atoms with E-state index in [2.05, 4.69) is 20.8 Å². The first-order valence-corrected chi connectivity index (χ1v) is 13.4. The van der Waals surface area contributed by atoms with Gasteiger partial charge in [-0.2, -0.15) is 0 Å². The van der Waals surface area contributed by atoms with Crippen LogP contribution in [0.15, 0.2) is 0 Å². The Hall–Kier alpha value is -0.570. The number of unbranched alkanes of at least 4 members (excludes halogenated alkanes) is 15. The largest absolute Gasteiger partial charge is 0.465 e. The summed E-state index contributed by atoms with van der Waals surface area (Å²) in [6.07, 6.45) is 24.2. The third kappa shape index (κ3) is 8.89. The van der Waals surface area contributed by atoms with Gasteiger partial charge in [0.25, 0.3) is 0 Å². The predicted molar refractivity (Wildman–Crippen MR) is 126 cm³/mol. The maximum atomic E-state index is 12.4. The van der Waals surface area contributed by atoms with Crippen molar-refractivity contribution in [3.63, 3.8) is 0 Å². The highest BCUT2D eigenvalue weighted by Crippen LogP contribution is 2.53. The Morgan fingerprint density at radius 1 is 0.800 bits per heavy atom. The molecule has 3 nitrogen and oxygen atoms in total. The van der Waals surface area contributed by atoms with Crippen LogP contribution < -0.4 is 0 Å². The lowest BCUT2D eigenvalue weighted by molar-refractivity contribution is -0.152. The van der Waals surface area contributed by atoms with Gasteiger partial charge in [0, 0.05) is 5.92 Å².